The molecule has 3 saturated heterocycles. The number of hydrogen-bond donors (Lipinski definition) is 1. The van der Waals surface area contributed by atoms with Crippen LogP contribution in [0.15, 0.2) is 12.5 Å². The SMILES string of the molecule is CC(C)C(=O)NC[C@H]1[C@H]2CN(c3ncc4c(ncn4C)n3)C[C@]23CC[C@H]1O3. The van der Waals surface area contributed by atoms with Gasteiger partial charge in [0.15, 0.2) is 5.65 Å². The van der Waals surface area contributed by atoms with Crippen LogP contribution in [0.25, 0.3) is 11.2 Å². The molecule has 3 fully saturated rings. The molecule has 144 valence electrons. The zero-order valence-corrected chi connectivity index (χ0v) is 16.1. The topological polar surface area (TPSA) is 85.2 Å². The first-order valence-corrected chi connectivity index (χ1v) is 9.81. The zero-order valence-electron chi connectivity index (χ0n) is 16.1. The molecule has 0 aliphatic carbocycles. The third-order valence-corrected chi connectivity index (χ3v) is 6.57. The number of ether oxygens (including phenoxy) is 1. The minimum atomic E-state index is -0.111. The van der Waals surface area contributed by atoms with Crippen molar-refractivity contribution in [2.75, 3.05) is 24.5 Å². The molecular formula is C19H26N6O2. The Morgan fingerprint density at radius 2 is 2.30 bits per heavy atom. The van der Waals surface area contributed by atoms with E-state index in [0.29, 0.717) is 18.4 Å². The van der Waals surface area contributed by atoms with E-state index in [0.717, 1.165) is 43.0 Å². The van der Waals surface area contributed by atoms with Crippen LogP contribution in [0.3, 0.4) is 0 Å². The Hall–Kier alpha value is -2.22. The number of nitrogens with zero attached hydrogens (tertiary/aromatic N) is 5. The van der Waals surface area contributed by atoms with E-state index in [4.69, 9.17) is 4.74 Å². The van der Waals surface area contributed by atoms with Crippen molar-refractivity contribution < 1.29 is 9.53 Å². The van der Waals surface area contributed by atoms with E-state index in [2.05, 4.69) is 25.2 Å². The molecular weight excluding hydrogens is 344 g/mol. The van der Waals surface area contributed by atoms with Gasteiger partial charge in [-0.15, -0.1) is 0 Å². The number of carbonyl (C=O) groups is 1. The van der Waals surface area contributed by atoms with Crippen LogP contribution in [0.4, 0.5) is 5.95 Å². The van der Waals surface area contributed by atoms with Gasteiger partial charge in [0, 0.05) is 37.9 Å². The molecule has 8 heteroatoms. The van der Waals surface area contributed by atoms with E-state index in [9.17, 15) is 4.79 Å². The Kier molecular flexibility index (Phi) is 3.69. The number of aromatic nitrogens is 4. The normalized spacial score (nSPS) is 31.9. The predicted octanol–water partition coefficient (Wildman–Crippen LogP) is 1.12. The first-order valence-electron chi connectivity index (χ1n) is 9.81. The summed E-state index contributed by atoms with van der Waals surface area (Å²) in [5, 5.41) is 3.12. The van der Waals surface area contributed by atoms with Crippen LogP contribution < -0.4 is 10.2 Å². The summed E-state index contributed by atoms with van der Waals surface area (Å²) in [6.45, 7) is 6.24. The van der Waals surface area contributed by atoms with Crippen LogP contribution in [0, 0.1) is 17.8 Å². The Morgan fingerprint density at radius 3 is 3.11 bits per heavy atom. The molecule has 1 amide bonds. The van der Waals surface area contributed by atoms with E-state index >= 15 is 0 Å². The number of imidazole rings is 1. The molecule has 2 aromatic heterocycles. The second-order valence-electron chi connectivity index (χ2n) is 8.54. The van der Waals surface area contributed by atoms with Gasteiger partial charge in [-0.2, -0.15) is 4.98 Å². The summed E-state index contributed by atoms with van der Waals surface area (Å²) in [6, 6.07) is 0. The second-order valence-corrected chi connectivity index (χ2v) is 8.54. The molecule has 27 heavy (non-hydrogen) atoms. The summed E-state index contributed by atoms with van der Waals surface area (Å²) < 4.78 is 8.39. The Morgan fingerprint density at radius 1 is 1.44 bits per heavy atom. The highest BCUT2D eigenvalue weighted by molar-refractivity contribution is 5.77. The van der Waals surface area contributed by atoms with Crippen LogP contribution in [0.1, 0.15) is 26.7 Å². The van der Waals surface area contributed by atoms with Gasteiger partial charge in [0.25, 0.3) is 0 Å². The van der Waals surface area contributed by atoms with Crippen LogP contribution in [0.2, 0.25) is 0 Å². The summed E-state index contributed by atoms with van der Waals surface area (Å²) in [6.07, 6.45) is 6.03. The number of carbonyl (C=O) groups excluding carboxylic acids is 1. The first kappa shape index (κ1) is 16.9. The Labute approximate surface area is 158 Å². The summed E-state index contributed by atoms with van der Waals surface area (Å²) in [5.74, 6) is 1.63. The third kappa shape index (κ3) is 2.53. The molecule has 3 aliphatic heterocycles. The highest BCUT2D eigenvalue weighted by Crippen LogP contribution is 2.55. The monoisotopic (exact) mass is 370 g/mol. The average molecular weight is 370 g/mol. The van der Waals surface area contributed by atoms with E-state index in [1.807, 2.05) is 31.7 Å². The molecule has 0 unspecified atom stereocenters. The van der Waals surface area contributed by atoms with Gasteiger partial charge in [-0.05, 0) is 12.8 Å². The number of rotatable bonds is 4. The van der Waals surface area contributed by atoms with Gasteiger partial charge in [0.1, 0.15) is 5.52 Å². The maximum atomic E-state index is 12.0. The van der Waals surface area contributed by atoms with Crippen molar-refractivity contribution in [2.24, 2.45) is 24.8 Å². The number of hydrogen-bond acceptors (Lipinski definition) is 6. The highest BCUT2D eigenvalue weighted by Gasteiger charge is 2.63. The third-order valence-electron chi connectivity index (χ3n) is 6.57. The van der Waals surface area contributed by atoms with Gasteiger partial charge in [-0.25, -0.2) is 9.97 Å². The highest BCUT2D eigenvalue weighted by atomic mass is 16.5. The van der Waals surface area contributed by atoms with Crippen LogP contribution in [0.5, 0.6) is 0 Å². The number of anilines is 1. The fourth-order valence-corrected chi connectivity index (χ4v) is 5.10. The number of aryl methyl sites for hydroxylation is 1. The molecule has 8 nitrogen and oxygen atoms in total. The quantitative estimate of drug-likeness (QED) is 0.868. The summed E-state index contributed by atoms with van der Waals surface area (Å²) in [7, 11) is 1.94. The minimum absolute atomic E-state index is 0.0112. The van der Waals surface area contributed by atoms with Gasteiger partial charge >= 0.3 is 0 Å². The maximum Gasteiger partial charge on any atom is 0.227 e. The smallest absolute Gasteiger partial charge is 0.227 e. The lowest BCUT2D eigenvalue weighted by molar-refractivity contribution is -0.124. The Bertz CT molecular complexity index is 895. The standard InChI is InChI=1S/C19H26N6O2/c1-11(2)17(26)20-6-12-13-8-25(9-19(13)5-4-15(12)27-19)18-21-7-14-16(23-18)22-10-24(14)3/h7,10-13,15H,4-6,8-9H2,1-3H3,(H,20,26)/t12-,13+,15+,19+/m0/s1. The van der Waals surface area contributed by atoms with E-state index < -0.39 is 0 Å². The maximum absolute atomic E-state index is 12.0. The summed E-state index contributed by atoms with van der Waals surface area (Å²) in [5.41, 5.74) is 1.55. The van der Waals surface area contributed by atoms with Crippen LogP contribution in [-0.2, 0) is 16.6 Å². The number of nitrogens with one attached hydrogen (secondary N) is 1. The molecule has 0 aromatic carbocycles. The first-order chi connectivity index (χ1) is 13.0. The van der Waals surface area contributed by atoms with E-state index in [-0.39, 0.29) is 23.5 Å². The molecule has 1 N–H and O–H groups in total. The lowest BCUT2D eigenvalue weighted by atomic mass is 9.73. The van der Waals surface area contributed by atoms with Crippen molar-refractivity contribution in [1.82, 2.24) is 24.8 Å². The van der Waals surface area contributed by atoms with Crippen molar-refractivity contribution in [1.29, 1.82) is 0 Å². The van der Waals surface area contributed by atoms with Crippen molar-refractivity contribution in [3.8, 4) is 0 Å². The van der Waals surface area contributed by atoms with Gasteiger partial charge in [-0.1, -0.05) is 13.8 Å². The minimum Gasteiger partial charge on any atom is -0.369 e. The van der Waals surface area contributed by atoms with Crippen molar-refractivity contribution in [3.63, 3.8) is 0 Å². The largest absolute Gasteiger partial charge is 0.369 e. The van der Waals surface area contributed by atoms with Crippen molar-refractivity contribution in [3.05, 3.63) is 12.5 Å². The summed E-state index contributed by atoms with van der Waals surface area (Å²) in [4.78, 5) is 27.8. The summed E-state index contributed by atoms with van der Waals surface area (Å²) >= 11 is 0. The van der Waals surface area contributed by atoms with E-state index in [1.54, 1.807) is 6.33 Å². The van der Waals surface area contributed by atoms with Crippen LogP contribution >= 0.6 is 0 Å². The van der Waals surface area contributed by atoms with Gasteiger partial charge in [0.05, 0.1) is 30.8 Å². The van der Waals surface area contributed by atoms with Gasteiger partial charge in [0.2, 0.25) is 11.9 Å². The number of fused-ring (bicyclic) bond motifs is 2. The molecule has 1 spiro atoms. The fraction of sp³-hybridized carbons (Fsp3) is 0.684. The second kappa shape index (κ2) is 5.89. The fourth-order valence-electron chi connectivity index (χ4n) is 5.10. The molecule has 2 aromatic rings. The molecule has 0 radical (unpaired) electrons. The molecule has 4 atom stereocenters. The average Bonchev–Trinajstić information content (AvgIpc) is 3.39. The molecule has 2 bridgehead atoms. The molecule has 5 heterocycles. The zero-order chi connectivity index (χ0) is 18.8. The number of amides is 1. The molecule has 3 aliphatic rings. The van der Waals surface area contributed by atoms with Gasteiger partial charge in [-0.3, -0.25) is 4.79 Å². The molecule has 5 rings (SSSR count). The van der Waals surface area contributed by atoms with Crippen molar-refractivity contribution >= 4 is 23.0 Å². The van der Waals surface area contributed by atoms with Crippen LogP contribution in [-0.4, -0.2) is 56.8 Å². The van der Waals surface area contributed by atoms with Gasteiger partial charge < -0.3 is 19.5 Å². The van der Waals surface area contributed by atoms with E-state index in [1.165, 1.54) is 0 Å². The Balaban J connectivity index is 1.36. The van der Waals surface area contributed by atoms with Crippen molar-refractivity contribution in [2.45, 2.75) is 38.4 Å². The molecule has 0 saturated carbocycles. The predicted molar refractivity (Wildman–Crippen MR) is 100 cm³/mol. The lowest BCUT2D eigenvalue weighted by Gasteiger charge is -2.29. The lowest BCUT2D eigenvalue weighted by Crippen LogP contribution is -2.42.